The fourth-order valence-corrected chi connectivity index (χ4v) is 2.36. The number of carbonyl (C=O) groups is 1. The van der Waals surface area contributed by atoms with Crippen LogP contribution in [0.3, 0.4) is 0 Å². The molecule has 0 fully saturated rings. The molecule has 2 aromatic rings. The van der Waals surface area contributed by atoms with Gasteiger partial charge >= 0.3 is 0 Å². The number of benzene rings is 2. The summed E-state index contributed by atoms with van der Waals surface area (Å²) in [5, 5.41) is 12.1. The lowest BCUT2D eigenvalue weighted by Crippen LogP contribution is -2.41. The van der Waals surface area contributed by atoms with E-state index in [1.165, 1.54) is 0 Å². The summed E-state index contributed by atoms with van der Waals surface area (Å²) < 4.78 is 11.0. The number of hydrogen-bond acceptors (Lipinski definition) is 4. The van der Waals surface area contributed by atoms with Crippen LogP contribution < -0.4 is 14.8 Å². The Labute approximate surface area is 148 Å². The summed E-state index contributed by atoms with van der Waals surface area (Å²) >= 11 is 0. The minimum absolute atomic E-state index is 0.0444. The molecule has 0 saturated carbocycles. The zero-order chi connectivity index (χ0) is 18.2. The highest BCUT2D eigenvalue weighted by Gasteiger charge is 2.25. The normalized spacial score (nSPS) is 11.5. The smallest absolute Gasteiger partial charge is 0.261 e. The lowest BCUT2D eigenvalue weighted by atomic mass is 10.1. The van der Waals surface area contributed by atoms with Crippen molar-refractivity contribution in [3.8, 4) is 17.6 Å². The monoisotopic (exact) mass is 338 g/mol. The van der Waals surface area contributed by atoms with Crippen LogP contribution in [0.4, 0.5) is 0 Å². The molecule has 2 rings (SSSR count). The van der Waals surface area contributed by atoms with Gasteiger partial charge in [0.2, 0.25) is 0 Å². The lowest BCUT2D eigenvalue weighted by Gasteiger charge is -2.22. The van der Waals surface area contributed by atoms with Crippen molar-refractivity contribution in [3.05, 3.63) is 59.7 Å². The van der Waals surface area contributed by atoms with Gasteiger partial charge < -0.3 is 14.8 Å². The van der Waals surface area contributed by atoms with Crippen molar-refractivity contribution >= 4 is 5.91 Å². The largest absolute Gasteiger partial charge is 0.497 e. The molecule has 0 saturated heterocycles. The topological polar surface area (TPSA) is 71.3 Å². The summed E-state index contributed by atoms with van der Waals surface area (Å²) in [4.78, 5) is 12.6. The summed E-state index contributed by atoms with van der Waals surface area (Å²) in [6.07, 6.45) is -0.680. The third-order valence-corrected chi connectivity index (χ3v) is 3.73. The van der Waals surface area contributed by atoms with Crippen LogP contribution in [0.25, 0.3) is 0 Å². The molecule has 0 spiro atoms. The van der Waals surface area contributed by atoms with Crippen molar-refractivity contribution in [1.29, 1.82) is 5.26 Å². The van der Waals surface area contributed by atoms with Crippen LogP contribution in [-0.2, 0) is 11.3 Å². The molecule has 0 heterocycles. The predicted octanol–water partition coefficient (Wildman–Crippen LogP) is 3.29. The summed E-state index contributed by atoms with van der Waals surface area (Å²) in [6, 6.07) is 16.5. The first-order valence-electron chi connectivity index (χ1n) is 8.11. The molecule has 5 nitrogen and oxygen atoms in total. The quantitative estimate of drug-likeness (QED) is 0.841. The lowest BCUT2D eigenvalue weighted by molar-refractivity contribution is -0.130. The molecule has 0 aliphatic rings. The van der Waals surface area contributed by atoms with Crippen LogP contribution in [0.5, 0.6) is 11.5 Å². The molecule has 1 atom stereocenters. The average Bonchev–Trinajstić information content (AvgIpc) is 2.64. The Morgan fingerprint density at radius 2 is 1.96 bits per heavy atom. The van der Waals surface area contributed by atoms with Gasteiger partial charge in [-0.25, -0.2) is 0 Å². The van der Waals surface area contributed by atoms with E-state index in [0.29, 0.717) is 17.9 Å². The Bertz CT molecular complexity index is 766. The molecule has 1 N–H and O–H groups in total. The van der Waals surface area contributed by atoms with E-state index in [1.807, 2.05) is 38.1 Å². The van der Waals surface area contributed by atoms with Gasteiger partial charge in [-0.15, -0.1) is 0 Å². The van der Waals surface area contributed by atoms with Gasteiger partial charge in [0.15, 0.2) is 6.10 Å². The summed E-state index contributed by atoms with van der Waals surface area (Å²) in [5.74, 6) is 0.897. The Morgan fingerprint density at radius 1 is 1.20 bits per heavy atom. The molecule has 1 amide bonds. The minimum atomic E-state index is -0.680. The number of nitrogens with zero attached hydrogens (tertiary/aromatic N) is 1. The van der Waals surface area contributed by atoms with Gasteiger partial charge in [-0.3, -0.25) is 4.79 Å². The summed E-state index contributed by atoms with van der Waals surface area (Å²) in [5.41, 5.74) is 1.35. The fraction of sp³-hybridized carbons (Fsp3) is 0.300. The highest BCUT2D eigenvalue weighted by molar-refractivity contribution is 5.81. The van der Waals surface area contributed by atoms with Gasteiger partial charge in [0.05, 0.1) is 12.7 Å². The molecule has 0 aliphatic carbocycles. The third-order valence-electron chi connectivity index (χ3n) is 3.73. The molecule has 25 heavy (non-hydrogen) atoms. The Hall–Kier alpha value is -3.00. The van der Waals surface area contributed by atoms with Crippen LogP contribution in [0.1, 0.15) is 25.0 Å². The number of ether oxygens (including phenoxy) is 2. The van der Waals surface area contributed by atoms with Gasteiger partial charge in [0.25, 0.3) is 5.91 Å². The van der Waals surface area contributed by atoms with E-state index in [-0.39, 0.29) is 11.8 Å². The minimum Gasteiger partial charge on any atom is -0.497 e. The van der Waals surface area contributed by atoms with Crippen molar-refractivity contribution in [1.82, 2.24) is 5.32 Å². The van der Waals surface area contributed by atoms with Crippen molar-refractivity contribution in [2.75, 3.05) is 7.11 Å². The zero-order valence-electron chi connectivity index (χ0n) is 14.7. The maximum atomic E-state index is 12.6. The summed E-state index contributed by atoms with van der Waals surface area (Å²) in [7, 11) is 1.60. The number of carbonyl (C=O) groups excluding carboxylic acids is 1. The number of hydrogen-bond donors (Lipinski definition) is 1. The molecule has 0 aliphatic heterocycles. The average molecular weight is 338 g/mol. The predicted molar refractivity (Wildman–Crippen MR) is 95.3 cm³/mol. The Morgan fingerprint density at radius 3 is 2.64 bits per heavy atom. The number of methoxy groups -OCH3 is 1. The molecule has 130 valence electrons. The molecular formula is C20H22N2O3. The number of rotatable bonds is 7. The SMILES string of the molecule is COc1cccc(CNC(=O)C(Oc2ccccc2C#N)C(C)C)c1. The van der Waals surface area contributed by atoms with E-state index >= 15 is 0 Å². The van der Waals surface area contributed by atoms with Crippen LogP contribution >= 0.6 is 0 Å². The molecule has 0 bridgehead atoms. The van der Waals surface area contributed by atoms with Gasteiger partial charge in [-0.05, 0) is 35.7 Å². The first kappa shape index (κ1) is 18.3. The van der Waals surface area contributed by atoms with E-state index < -0.39 is 6.10 Å². The Kier molecular flexibility index (Phi) is 6.41. The van der Waals surface area contributed by atoms with E-state index in [1.54, 1.807) is 31.4 Å². The first-order valence-corrected chi connectivity index (χ1v) is 8.11. The molecule has 0 aromatic heterocycles. The number of nitrogens with one attached hydrogen (secondary N) is 1. The standard InChI is InChI=1S/C20H22N2O3/c1-14(2)19(25-18-10-5-4-8-16(18)12-21)20(23)22-13-15-7-6-9-17(11-15)24-3/h4-11,14,19H,13H2,1-3H3,(H,22,23). The number of para-hydroxylation sites is 1. The van der Waals surface area contributed by atoms with Gasteiger partial charge in [0, 0.05) is 6.54 Å². The van der Waals surface area contributed by atoms with Gasteiger partial charge in [-0.2, -0.15) is 5.26 Å². The fourth-order valence-electron chi connectivity index (χ4n) is 2.36. The second-order valence-electron chi connectivity index (χ2n) is 5.96. The van der Waals surface area contributed by atoms with Crippen molar-refractivity contribution in [3.63, 3.8) is 0 Å². The second kappa shape index (κ2) is 8.74. The third kappa shape index (κ3) is 4.98. The molecular weight excluding hydrogens is 316 g/mol. The van der Waals surface area contributed by atoms with Crippen molar-refractivity contribution in [2.45, 2.75) is 26.5 Å². The molecule has 5 heteroatoms. The van der Waals surface area contributed by atoms with Crippen LogP contribution in [0.2, 0.25) is 0 Å². The number of nitriles is 1. The maximum Gasteiger partial charge on any atom is 0.261 e. The first-order chi connectivity index (χ1) is 12.0. The van der Waals surface area contributed by atoms with Crippen LogP contribution in [0.15, 0.2) is 48.5 Å². The molecule has 1 unspecified atom stereocenters. The molecule has 2 aromatic carbocycles. The van der Waals surface area contributed by atoms with Crippen LogP contribution in [0, 0.1) is 17.2 Å². The zero-order valence-corrected chi connectivity index (χ0v) is 14.7. The highest BCUT2D eigenvalue weighted by Crippen LogP contribution is 2.21. The van der Waals surface area contributed by atoms with Crippen molar-refractivity contribution < 1.29 is 14.3 Å². The van der Waals surface area contributed by atoms with E-state index in [2.05, 4.69) is 11.4 Å². The Balaban J connectivity index is 2.06. The van der Waals surface area contributed by atoms with E-state index in [9.17, 15) is 4.79 Å². The van der Waals surface area contributed by atoms with Gasteiger partial charge in [0.1, 0.15) is 17.6 Å². The second-order valence-corrected chi connectivity index (χ2v) is 5.96. The van der Waals surface area contributed by atoms with E-state index in [0.717, 1.165) is 11.3 Å². The molecule has 0 radical (unpaired) electrons. The van der Waals surface area contributed by atoms with E-state index in [4.69, 9.17) is 14.7 Å². The highest BCUT2D eigenvalue weighted by atomic mass is 16.5. The summed E-state index contributed by atoms with van der Waals surface area (Å²) in [6.45, 7) is 4.19. The van der Waals surface area contributed by atoms with Crippen LogP contribution in [-0.4, -0.2) is 19.1 Å². The van der Waals surface area contributed by atoms with Crippen molar-refractivity contribution in [2.24, 2.45) is 5.92 Å². The maximum absolute atomic E-state index is 12.6. The number of amides is 1. The van der Waals surface area contributed by atoms with Gasteiger partial charge in [-0.1, -0.05) is 38.1 Å².